The SMILES string of the molecule is CC[C@H](C)[C@H](N)C(=O)N[C@@H](CCCCNC)C(=O)CN[C@@H](Cc1ccc(O)cc1)C(N)=O. The van der Waals surface area contributed by atoms with Gasteiger partial charge in [-0.05, 0) is 62.9 Å². The van der Waals surface area contributed by atoms with Gasteiger partial charge in [-0.1, -0.05) is 32.4 Å². The first-order chi connectivity index (χ1) is 15.2. The Labute approximate surface area is 190 Å². The monoisotopic (exact) mass is 449 g/mol. The van der Waals surface area contributed by atoms with Crippen molar-refractivity contribution >= 4 is 17.6 Å². The van der Waals surface area contributed by atoms with E-state index in [2.05, 4.69) is 16.0 Å². The average Bonchev–Trinajstić information content (AvgIpc) is 2.78. The minimum absolute atomic E-state index is 0.00211. The molecule has 1 aromatic carbocycles. The van der Waals surface area contributed by atoms with Crippen molar-refractivity contribution in [2.75, 3.05) is 20.1 Å². The van der Waals surface area contributed by atoms with Crippen molar-refractivity contribution in [2.45, 2.75) is 64.1 Å². The van der Waals surface area contributed by atoms with E-state index in [-0.39, 0.29) is 36.3 Å². The molecule has 4 atom stereocenters. The van der Waals surface area contributed by atoms with Gasteiger partial charge in [0.15, 0.2) is 5.78 Å². The van der Waals surface area contributed by atoms with Crippen molar-refractivity contribution in [3.63, 3.8) is 0 Å². The predicted octanol–water partition coefficient (Wildman–Crippen LogP) is 0.195. The molecule has 0 saturated heterocycles. The summed E-state index contributed by atoms with van der Waals surface area (Å²) in [6.45, 7) is 4.56. The van der Waals surface area contributed by atoms with Crippen LogP contribution in [0.2, 0.25) is 0 Å². The molecular weight excluding hydrogens is 410 g/mol. The fourth-order valence-corrected chi connectivity index (χ4v) is 3.23. The molecule has 32 heavy (non-hydrogen) atoms. The molecule has 0 spiro atoms. The lowest BCUT2D eigenvalue weighted by Crippen LogP contribution is -2.53. The Kier molecular flexibility index (Phi) is 12.5. The highest BCUT2D eigenvalue weighted by molar-refractivity contribution is 5.92. The van der Waals surface area contributed by atoms with Crippen LogP contribution in [0.1, 0.15) is 45.1 Å². The molecule has 0 bridgehead atoms. The Morgan fingerprint density at radius 2 is 1.75 bits per heavy atom. The van der Waals surface area contributed by atoms with E-state index in [1.807, 2.05) is 20.9 Å². The molecule has 8 N–H and O–H groups in total. The number of aromatic hydroxyl groups is 1. The van der Waals surface area contributed by atoms with Crippen LogP contribution >= 0.6 is 0 Å². The third-order valence-corrected chi connectivity index (χ3v) is 5.68. The maximum atomic E-state index is 12.9. The third kappa shape index (κ3) is 9.76. The maximum absolute atomic E-state index is 12.9. The molecule has 0 saturated carbocycles. The van der Waals surface area contributed by atoms with Gasteiger partial charge in [0, 0.05) is 0 Å². The summed E-state index contributed by atoms with van der Waals surface area (Å²) in [7, 11) is 1.86. The topological polar surface area (TPSA) is 160 Å². The molecule has 0 aromatic heterocycles. The Morgan fingerprint density at radius 1 is 1.09 bits per heavy atom. The number of nitrogens with two attached hydrogens (primary N) is 2. The minimum atomic E-state index is -0.758. The summed E-state index contributed by atoms with van der Waals surface area (Å²) >= 11 is 0. The first-order valence-electron chi connectivity index (χ1n) is 11.2. The van der Waals surface area contributed by atoms with Crippen molar-refractivity contribution in [3.8, 4) is 5.75 Å². The Morgan fingerprint density at radius 3 is 2.31 bits per heavy atom. The van der Waals surface area contributed by atoms with Crippen LogP contribution in [0.4, 0.5) is 0 Å². The van der Waals surface area contributed by atoms with Crippen LogP contribution in [-0.4, -0.2) is 61.0 Å². The fraction of sp³-hybridized carbons (Fsp3) is 0.609. The zero-order valence-corrected chi connectivity index (χ0v) is 19.4. The Bertz CT molecular complexity index is 726. The van der Waals surface area contributed by atoms with Gasteiger partial charge in [0.05, 0.1) is 24.7 Å². The smallest absolute Gasteiger partial charge is 0.237 e. The molecule has 0 unspecified atom stereocenters. The quantitative estimate of drug-likeness (QED) is 0.197. The molecule has 9 nitrogen and oxygen atoms in total. The second kappa shape index (κ2) is 14.5. The van der Waals surface area contributed by atoms with E-state index in [0.29, 0.717) is 6.42 Å². The number of phenolic OH excluding ortho intramolecular Hbond substituents is 1. The number of amides is 2. The van der Waals surface area contributed by atoms with Crippen LogP contribution in [0.5, 0.6) is 5.75 Å². The van der Waals surface area contributed by atoms with Crippen LogP contribution in [0, 0.1) is 5.92 Å². The molecule has 180 valence electrons. The van der Waals surface area contributed by atoms with Gasteiger partial charge in [-0.25, -0.2) is 0 Å². The third-order valence-electron chi connectivity index (χ3n) is 5.68. The lowest BCUT2D eigenvalue weighted by atomic mass is 9.98. The van der Waals surface area contributed by atoms with E-state index in [0.717, 1.165) is 31.4 Å². The van der Waals surface area contributed by atoms with E-state index in [1.165, 1.54) is 12.1 Å². The highest BCUT2D eigenvalue weighted by Crippen LogP contribution is 2.12. The predicted molar refractivity (Wildman–Crippen MR) is 125 cm³/mol. The van der Waals surface area contributed by atoms with Crippen molar-refractivity contribution in [1.29, 1.82) is 0 Å². The number of phenols is 1. The summed E-state index contributed by atoms with van der Waals surface area (Å²) in [5.41, 5.74) is 12.3. The van der Waals surface area contributed by atoms with Crippen LogP contribution in [0.25, 0.3) is 0 Å². The van der Waals surface area contributed by atoms with Crippen LogP contribution in [0.15, 0.2) is 24.3 Å². The summed E-state index contributed by atoms with van der Waals surface area (Å²) < 4.78 is 0. The number of hydrogen-bond donors (Lipinski definition) is 6. The molecule has 1 aromatic rings. The van der Waals surface area contributed by atoms with Gasteiger partial charge in [-0.3, -0.25) is 19.7 Å². The van der Waals surface area contributed by atoms with Gasteiger partial charge in [-0.15, -0.1) is 0 Å². The van der Waals surface area contributed by atoms with E-state index in [1.54, 1.807) is 12.1 Å². The number of nitrogens with one attached hydrogen (secondary N) is 3. The van der Waals surface area contributed by atoms with Gasteiger partial charge in [0.1, 0.15) is 5.75 Å². The number of carbonyl (C=O) groups excluding carboxylic acids is 3. The number of Topliss-reactive ketones (excluding diaryl/α,β-unsaturated/α-hetero) is 1. The maximum Gasteiger partial charge on any atom is 0.237 e. The van der Waals surface area contributed by atoms with Crippen LogP contribution < -0.4 is 27.4 Å². The molecule has 2 amide bonds. The van der Waals surface area contributed by atoms with E-state index in [4.69, 9.17) is 11.5 Å². The highest BCUT2D eigenvalue weighted by Gasteiger charge is 2.26. The molecular formula is C23H39N5O4. The standard InChI is InChI=1S/C23H39N5O4/c1-4-15(2)21(24)23(32)28-18(7-5-6-12-26-3)20(30)14-27-19(22(25)31)13-16-8-10-17(29)11-9-16/h8-11,15,18-19,21,26-27,29H,4-7,12-14,24H2,1-3H3,(H2,25,31)(H,28,32)/t15-,18-,19-,21-/m0/s1. The van der Waals surface area contributed by atoms with Gasteiger partial charge in [-0.2, -0.15) is 0 Å². The first kappa shape index (κ1) is 27.5. The summed E-state index contributed by atoms with van der Waals surface area (Å²) in [4.78, 5) is 37.3. The van der Waals surface area contributed by atoms with E-state index >= 15 is 0 Å². The minimum Gasteiger partial charge on any atom is -0.508 e. The number of hydrogen-bond acceptors (Lipinski definition) is 7. The van der Waals surface area contributed by atoms with E-state index in [9.17, 15) is 19.5 Å². The summed E-state index contributed by atoms with van der Waals surface area (Å²) in [6, 6.07) is 4.29. The molecule has 0 heterocycles. The molecule has 0 aliphatic carbocycles. The lowest BCUT2D eigenvalue weighted by molar-refractivity contribution is -0.129. The van der Waals surface area contributed by atoms with Crippen LogP contribution in [-0.2, 0) is 20.8 Å². The molecule has 0 aliphatic rings. The molecule has 9 heteroatoms. The first-order valence-corrected chi connectivity index (χ1v) is 11.2. The normalized spacial score (nSPS) is 14.9. The molecule has 1 rings (SSSR count). The van der Waals surface area contributed by atoms with Crippen molar-refractivity contribution in [2.24, 2.45) is 17.4 Å². The van der Waals surface area contributed by atoms with Gasteiger partial charge in [0.25, 0.3) is 0 Å². The number of unbranched alkanes of at least 4 members (excludes halogenated alkanes) is 1. The summed E-state index contributed by atoms with van der Waals surface area (Å²) in [5, 5.41) is 18.2. The lowest BCUT2D eigenvalue weighted by Gasteiger charge is -2.24. The zero-order valence-electron chi connectivity index (χ0n) is 19.4. The molecule has 0 radical (unpaired) electrons. The Hall–Kier alpha value is -2.49. The molecule has 0 aliphatic heterocycles. The second-order valence-electron chi connectivity index (χ2n) is 8.24. The van der Waals surface area contributed by atoms with Gasteiger partial charge >= 0.3 is 0 Å². The average molecular weight is 450 g/mol. The van der Waals surface area contributed by atoms with Crippen LogP contribution in [0.3, 0.4) is 0 Å². The van der Waals surface area contributed by atoms with Gasteiger partial charge < -0.3 is 27.2 Å². The second-order valence-corrected chi connectivity index (χ2v) is 8.24. The number of ketones is 1. The summed E-state index contributed by atoms with van der Waals surface area (Å²) in [5.74, 6) is -1.03. The zero-order chi connectivity index (χ0) is 24.1. The van der Waals surface area contributed by atoms with Crippen molar-refractivity contribution in [3.05, 3.63) is 29.8 Å². The summed E-state index contributed by atoms with van der Waals surface area (Å²) in [6.07, 6.45) is 3.14. The number of rotatable bonds is 16. The van der Waals surface area contributed by atoms with Crippen molar-refractivity contribution < 1.29 is 19.5 Å². The largest absolute Gasteiger partial charge is 0.508 e. The number of carbonyl (C=O) groups is 3. The molecule has 0 fully saturated rings. The Balaban J connectivity index is 2.77. The van der Waals surface area contributed by atoms with Crippen molar-refractivity contribution in [1.82, 2.24) is 16.0 Å². The number of benzene rings is 1. The highest BCUT2D eigenvalue weighted by atomic mass is 16.3. The number of primary amides is 1. The fourth-order valence-electron chi connectivity index (χ4n) is 3.23. The van der Waals surface area contributed by atoms with Gasteiger partial charge in [0.2, 0.25) is 11.8 Å². The van der Waals surface area contributed by atoms with E-state index < -0.39 is 24.0 Å².